The topological polar surface area (TPSA) is 27.7 Å². The fourth-order valence-corrected chi connectivity index (χ4v) is 2.81. The molecule has 1 unspecified atom stereocenters. The van der Waals surface area contributed by atoms with E-state index in [9.17, 15) is 0 Å². The predicted octanol–water partition coefficient (Wildman–Crippen LogP) is 2.84. The van der Waals surface area contributed by atoms with Crippen LogP contribution in [0.1, 0.15) is 52.2 Å². The first-order chi connectivity index (χ1) is 9.41. The summed E-state index contributed by atoms with van der Waals surface area (Å²) in [5.41, 5.74) is 1.71. The van der Waals surface area contributed by atoms with Crippen molar-refractivity contribution in [3.8, 4) is 0 Å². The van der Waals surface area contributed by atoms with Crippen LogP contribution < -0.4 is 5.46 Å². The summed E-state index contributed by atoms with van der Waals surface area (Å²) in [6.45, 7) is 9.19. The maximum Gasteiger partial charge on any atom is 0.495 e. The maximum absolute atomic E-state index is 6.17. The average Bonchev–Trinajstić information content (AvgIpc) is 2.97. The monoisotopic (exact) mass is 274 g/mol. The number of ether oxygens (including phenoxy) is 1. The smallest absolute Gasteiger partial charge is 0.399 e. The summed E-state index contributed by atoms with van der Waals surface area (Å²) in [4.78, 5) is 0. The highest BCUT2D eigenvalue weighted by Gasteiger charge is 2.52. The lowest BCUT2D eigenvalue weighted by Gasteiger charge is -2.32. The molecule has 0 aromatic heterocycles. The summed E-state index contributed by atoms with van der Waals surface area (Å²) in [5, 5.41) is 0. The molecule has 0 saturated carbocycles. The first-order valence-corrected chi connectivity index (χ1v) is 7.47. The molecule has 2 fully saturated rings. The van der Waals surface area contributed by atoms with Crippen LogP contribution in [0.15, 0.2) is 24.3 Å². The molecule has 2 aliphatic heterocycles. The SMILES string of the molecule is CC1(C)OB(c2ccccc2C2CCCO2)OC1(C)C. The molecule has 0 bridgehead atoms. The third kappa shape index (κ3) is 2.30. The first-order valence-electron chi connectivity index (χ1n) is 7.47. The van der Waals surface area contributed by atoms with Gasteiger partial charge in [0, 0.05) is 6.61 Å². The maximum atomic E-state index is 6.17. The molecule has 0 amide bonds. The van der Waals surface area contributed by atoms with Crippen LogP contribution in [0, 0.1) is 0 Å². The van der Waals surface area contributed by atoms with E-state index < -0.39 is 0 Å². The molecule has 4 heteroatoms. The van der Waals surface area contributed by atoms with Crippen molar-refractivity contribution in [1.29, 1.82) is 0 Å². The Kier molecular flexibility index (Phi) is 3.43. The van der Waals surface area contributed by atoms with E-state index in [4.69, 9.17) is 14.0 Å². The van der Waals surface area contributed by atoms with Crippen LogP contribution in [-0.4, -0.2) is 24.9 Å². The fraction of sp³-hybridized carbons (Fsp3) is 0.625. The summed E-state index contributed by atoms with van der Waals surface area (Å²) < 4.78 is 18.2. The van der Waals surface area contributed by atoms with E-state index in [0.717, 1.165) is 24.9 Å². The zero-order valence-electron chi connectivity index (χ0n) is 12.8. The minimum Gasteiger partial charge on any atom is -0.399 e. The normalized spacial score (nSPS) is 28.0. The van der Waals surface area contributed by atoms with Crippen molar-refractivity contribution in [2.75, 3.05) is 6.61 Å². The van der Waals surface area contributed by atoms with Gasteiger partial charge >= 0.3 is 7.12 Å². The summed E-state index contributed by atoms with van der Waals surface area (Å²) in [5.74, 6) is 0. The second-order valence-corrected chi connectivity index (χ2v) is 6.72. The number of hydrogen-bond acceptors (Lipinski definition) is 3. The molecule has 20 heavy (non-hydrogen) atoms. The highest BCUT2D eigenvalue weighted by Crippen LogP contribution is 2.37. The van der Waals surface area contributed by atoms with E-state index in [1.807, 2.05) is 6.07 Å². The summed E-state index contributed by atoms with van der Waals surface area (Å²) in [7, 11) is -0.305. The number of benzene rings is 1. The molecular formula is C16H23BO3. The highest BCUT2D eigenvalue weighted by molar-refractivity contribution is 6.62. The third-order valence-electron chi connectivity index (χ3n) is 4.78. The van der Waals surface area contributed by atoms with Gasteiger partial charge < -0.3 is 14.0 Å². The summed E-state index contributed by atoms with van der Waals surface area (Å²) in [6, 6.07) is 8.33. The van der Waals surface area contributed by atoms with Crippen molar-refractivity contribution >= 4 is 12.6 Å². The van der Waals surface area contributed by atoms with E-state index in [2.05, 4.69) is 45.9 Å². The Bertz CT molecular complexity index is 476. The quantitative estimate of drug-likeness (QED) is 0.776. The van der Waals surface area contributed by atoms with Crippen molar-refractivity contribution < 1.29 is 14.0 Å². The van der Waals surface area contributed by atoms with Gasteiger partial charge in [0.25, 0.3) is 0 Å². The van der Waals surface area contributed by atoms with Crippen LogP contribution in [-0.2, 0) is 14.0 Å². The van der Waals surface area contributed by atoms with Gasteiger partial charge in [0.1, 0.15) is 0 Å². The molecule has 0 radical (unpaired) electrons. The molecule has 1 aromatic rings. The van der Waals surface area contributed by atoms with Gasteiger partial charge in [0.2, 0.25) is 0 Å². The molecule has 3 rings (SSSR count). The van der Waals surface area contributed by atoms with Crippen LogP contribution in [0.3, 0.4) is 0 Å². The Labute approximate surface area is 121 Å². The third-order valence-corrected chi connectivity index (χ3v) is 4.78. The van der Waals surface area contributed by atoms with Gasteiger partial charge in [-0.3, -0.25) is 0 Å². The van der Waals surface area contributed by atoms with Crippen LogP contribution in [0.5, 0.6) is 0 Å². The number of rotatable bonds is 2. The molecule has 108 valence electrons. The van der Waals surface area contributed by atoms with Gasteiger partial charge in [-0.15, -0.1) is 0 Å². The molecule has 2 heterocycles. The minimum atomic E-state index is -0.305. The van der Waals surface area contributed by atoms with E-state index in [-0.39, 0.29) is 24.4 Å². The molecule has 0 N–H and O–H groups in total. The lowest BCUT2D eigenvalue weighted by atomic mass is 9.74. The van der Waals surface area contributed by atoms with Gasteiger partial charge in [0.05, 0.1) is 17.3 Å². The standard InChI is InChI=1S/C16H23BO3/c1-15(2)16(3,4)20-17(19-15)13-9-6-5-8-12(13)14-10-7-11-18-14/h5-6,8-9,14H,7,10-11H2,1-4H3. The predicted molar refractivity (Wildman–Crippen MR) is 80.1 cm³/mol. The fourth-order valence-electron chi connectivity index (χ4n) is 2.81. The van der Waals surface area contributed by atoms with Gasteiger partial charge in [0.15, 0.2) is 0 Å². The molecular weight excluding hydrogens is 251 g/mol. The molecule has 0 spiro atoms. The molecule has 1 aromatic carbocycles. The van der Waals surface area contributed by atoms with Crippen LogP contribution in [0.25, 0.3) is 0 Å². The molecule has 2 saturated heterocycles. The summed E-state index contributed by atoms with van der Waals surface area (Å²) >= 11 is 0. The minimum absolute atomic E-state index is 0.185. The van der Waals surface area contributed by atoms with Crippen LogP contribution in [0.2, 0.25) is 0 Å². The average molecular weight is 274 g/mol. The van der Waals surface area contributed by atoms with E-state index >= 15 is 0 Å². The Balaban J connectivity index is 1.92. The van der Waals surface area contributed by atoms with Crippen molar-refractivity contribution in [3.63, 3.8) is 0 Å². The van der Waals surface area contributed by atoms with Gasteiger partial charge in [-0.05, 0) is 51.6 Å². The highest BCUT2D eigenvalue weighted by atomic mass is 16.7. The van der Waals surface area contributed by atoms with E-state index in [1.165, 1.54) is 5.56 Å². The van der Waals surface area contributed by atoms with Gasteiger partial charge in [-0.2, -0.15) is 0 Å². The Morgan fingerprint density at radius 3 is 2.30 bits per heavy atom. The molecule has 0 aliphatic carbocycles. The van der Waals surface area contributed by atoms with Crippen molar-refractivity contribution in [2.24, 2.45) is 0 Å². The lowest BCUT2D eigenvalue weighted by Crippen LogP contribution is -2.41. The van der Waals surface area contributed by atoms with E-state index in [0.29, 0.717) is 0 Å². The van der Waals surface area contributed by atoms with Crippen LogP contribution in [0.4, 0.5) is 0 Å². The zero-order valence-corrected chi connectivity index (χ0v) is 12.8. The van der Waals surface area contributed by atoms with Gasteiger partial charge in [-0.25, -0.2) is 0 Å². The summed E-state index contributed by atoms with van der Waals surface area (Å²) in [6.07, 6.45) is 2.39. The zero-order chi connectivity index (χ0) is 14.4. The number of hydrogen-bond donors (Lipinski definition) is 0. The van der Waals surface area contributed by atoms with Crippen molar-refractivity contribution in [3.05, 3.63) is 29.8 Å². The Morgan fingerprint density at radius 1 is 1.05 bits per heavy atom. The second kappa shape index (κ2) is 4.87. The molecule has 3 nitrogen and oxygen atoms in total. The Hall–Kier alpha value is -0.835. The largest absolute Gasteiger partial charge is 0.495 e. The van der Waals surface area contributed by atoms with Crippen molar-refractivity contribution in [2.45, 2.75) is 57.8 Å². The van der Waals surface area contributed by atoms with E-state index in [1.54, 1.807) is 0 Å². The Morgan fingerprint density at radius 2 is 1.70 bits per heavy atom. The second-order valence-electron chi connectivity index (χ2n) is 6.72. The molecule has 1 atom stereocenters. The van der Waals surface area contributed by atoms with Gasteiger partial charge in [-0.1, -0.05) is 24.3 Å². The lowest BCUT2D eigenvalue weighted by molar-refractivity contribution is 0.00578. The molecule has 2 aliphatic rings. The van der Waals surface area contributed by atoms with Crippen molar-refractivity contribution in [1.82, 2.24) is 0 Å². The first kappa shape index (κ1) is 14.1. The van der Waals surface area contributed by atoms with Crippen LogP contribution >= 0.6 is 0 Å².